The summed E-state index contributed by atoms with van der Waals surface area (Å²) < 4.78 is 34.7. The Balaban J connectivity index is 1.72. The van der Waals surface area contributed by atoms with Crippen LogP contribution in [-0.4, -0.2) is 50.9 Å². The Bertz CT molecular complexity index is 1500. The number of benzene rings is 3. The van der Waals surface area contributed by atoms with Crippen molar-refractivity contribution >= 4 is 27.5 Å². The van der Waals surface area contributed by atoms with E-state index in [-0.39, 0.29) is 23.4 Å². The van der Waals surface area contributed by atoms with Crippen molar-refractivity contribution in [1.29, 1.82) is 0 Å². The fourth-order valence-corrected chi connectivity index (χ4v) is 7.10. The Kier molecular flexibility index (Phi) is 10.9. The van der Waals surface area contributed by atoms with E-state index in [4.69, 9.17) is 4.74 Å². The predicted octanol–water partition coefficient (Wildman–Crippen LogP) is 5.76. The summed E-state index contributed by atoms with van der Waals surface area (Å²) in [6.07, 6.45) is 5.51. The van der Waals surface area contributed by atoms with Crippen molar-refractivity contribution in [1.82, 2.24) is 10.2 Å². The number of methoxy groups -OCH3 is 1. The molecule has 1 aliphatic rings. The molecule has 3 aromatic rings. The highest BCUT2D eigenvalue weighted by atomic mass is 32.2. The summed E-state index contributed by atoms with van der Waals surface area (Å²) in [4.78, 5) is 29.6. The molecule has 1 unspecified atom stereocenters. The van der Waals surface area contributed by atoms with Gasteiger partial charge in [-0.2, -0.15) is 0 Å². The van der Waals surface area contributed by atoms with E-state index in [0.717, 1.165) is 43.2 Å². The van der Waals surface area contributed by atoms with E-state index < -0.39 is 28.5 Å². The van der Waals surface area contributed by atoms with Gasteiger partial charge in [-0.3, -0.25) is 13.9 Å². The number of carbonyl (C=O) groups excluding carboxylic acids is 2. The minimum atomic E-state index is -4.12. The Morgan fingerprint density at radius 2 is 1.65 bits per heavy atom. The number of nitrogens with one attached hydrogen (secondary N) is 1. The molecule has 0 spiro atoms. The van der Waals surface area contributed by atoms with Crippen LogP contribution < -0.4 is 14.4 Å². The van der Waals surface area contributed by atoms with Crippen molar-refractivity contribution in [3.63, 3.8) is 0 Å². The number of amides is 2. The van der Waals surface area contributed by atoms with Crippen LogP contribution in [0.4, 0.5) is 5.69 Å². The zero-order valence-corrected chi connectivity index (χ0v) is 26.4. The summed E-state index contributed by atoms with van der Waals surface area (Å²) >= 11 is 0. The highest BCUT2D eigenvalue weighted by Gasteiger charge is 2.35. The molecule has 3 aromatic carbocycles. The molecular formula is C34H43N3O5S. The van der Waals surface area contributed by atoms with Crippen molar-refractivity contribution in [3.05, 3.63) is 89.5 Å². The number of hydrogen-bond donors (Lipinski definition) is 1. The number of sulfonamides is 1. The molecular weight excluding hydrogens is 562 g/mol. The monoisotopic (exact) mass is 605 g/mol. The van der Waals surface area contributed by atoms with Crippen molar-refractivity contribution in [2.45, 2.75) is 82.8 Å². The third-order valence-corrected chi connectivity index (χ3v) is 9.87. The van der Waals surface area contributed by atoms with Gasteiger partial charge in [0, 0.05) is 12.6 Å². The zero-order valence-electron chi connectivity index (χ0n) is 25.6. The van der Waals surface area contributed by atoms with Crippen molar-refractivity contribution in [2.75, 3.05) is 18.0 Å². The second kappa shape index (κ2) is 14.6. The number of anilines is 1. The van der Waals surface area contributed by atoms with E-state index >= 15 is 0 Å². The summed E-state index contributed by atoms with van der Waals surface area (Å²) in [6.45, 7) is 5.24. The summed E-state index contributed by atoms with van der Waals surface area (Å²) in [6, 6.07) is 20.3. The topological polar surface area (TPSA) is 96.0 Å². The van der Waals surface area contributed by atoms with Crippen LogP contribution in [0.15, 0.2) is 77.7 Å². The molecule has 0 saturated heterocycles. The van der Waals surface area contributed by atoms with E-state index in [0.29, 0.717) is 23.4 Å². The number of aryl methyl sites for hydroxylation is 2. The van der Waals surface area contributed by atoms with Crippen molar-refractivity contribution in [3.8, 4) is 5.75 Å². The maximum atomic E-state index is 14.3. The number of para-hydroxylation sites is 1. The molecule has 43 heavy (non-hydrogen) atoms. The summed E-state index contributed by atoms with van der Waals surface area (Å²) in [7, 11) is -2.54. The lowest BCUT2D eigenvalue weighted by Gasteiger charge is -2.34. The van der Waals surface area contributed by atoms with E-state index in [9.17, 15) is 18.0 Å². The highest BCUT2D eigenvalue weighted by molar-refractivity contribution is 7.92. The van der Waals surface area contributed by atoms with Gasteiger partial charge in [0.2, 0.25) is 11.8 Å². The smallest absolute Gasteiger partial charge is 0.264 e. The first-order valence-corrected chi connectivity index (χ1v) is 16.5. The molecule has 0 radical (unpaired) electrons. The second-order valence-electron chi connectivity index (χ2n) is 11.3. The van der Waals surface area contributed by atoms with Gasteiger partial charge in [0.1, 0.15) is 18.3 Å². The maximum absolute atomic E-state index is 14.3. The molecule has 2 amide bonds. The molecule has 4 rings (SSSR count). The van der Waals surface area contributed by atoms with Gasteiger partial charge < -0.3 is 15.0 Å². The van der Waals surface area contributed by atoms with E-state index in [1.165, 1.54) is 9.21 Å². The molecule has 1 atom stereocenters. The molecule has 1 N–H and O–H groups in total. The van der Waals surface area contributed by atoms with E-state index in [1.54, 1.807) is 43.5 Å². The minimum Gasteiger partial charge on any atom is -0.497 e. The molecule has 0 bridgehead atoms. The van der Waals surface area contributed by atoms with Crippen LogP contribution >= 0.6 is 0 Å². The molecule has 0 aliphatic heterocycles. The average molecular weight is 606 g/mol. The van der Waals surface area contributed by atoms with Gasteiger partial charge in [0.25, 0.3) is 10.0 Å². The number of rotatable bonds is 12. The van der Waals surface area contributed by atoms with Crippen molar-refractivity contribution < 1.29 is 22.7 Å². The van der Waals surface area contributed by atoms with E-state index in [1.807, 2.05) is 57.2 Å². The molecule has 9 heteroatoms. The lowest BCUT2D eigenvalue weighted by Crippen LogP contribution is -2.54. The fourth-order valence-electron chi connectivity index (χ4n) is 5.63. The molecule has 230 valence electrons. The largest absolute Gasteiger partial charge is 0.497 e. The molecule has 0 aromatic heterocycles. The Morgan fingerprint density at radius 1 is 0.953 bits per heavy atom. The van der Waals surface area contributed by atoms with Gasteiger partial charge in [-0.15, -0.1) is 0 Å². The Hall–Kier alpha value is -3.85. The van der Waals surface area contributed by atoms with Crippen LogP contribution in [0.1, 0.15) is 62.1 Å². The first-order valence-electron chi connectivity index (χ1n) is 15.0. The third-order valence-electron chi connectivity index (χ3n) is 8.10. The summed E-state index contributed by atoms with van der Waals surface area (Å²) in [5.41, 5.74) is 2.84. The van der Waals surface area contributed by atoms with Crippen molar-refractivity contribution in [2.24, 2.45) is 0 Å². The van der Waals surface area contributed by atoms with Gasteiger partial charge in [-0.1, -0.05) is 74.2 Å². The highest BCUT2D eigenvalue weighted by Crippen LogP contribution is 2.28. The minimum absolute atomic E-state index is 0.0782. The molecule has 1 fully saturated rings. The van der Waals surface area contributed by atoms with Crippen LogP contribution in [-0.2, 0) is 26.2 Å². The van der Waals surface area contributed by atoms with Gasteiger partial charge in [0.05, 0.1) is 17.7 Å². The SMILES string of the molecule is CCC(C(=O)NC1CCCCC1)N(Cc1cccc(OC)c1)C(=O)CN(c1ccccc1C)S(=O)(=O)c1ccc(C)cc1. The van der Waals surface area contributed by atoms with Crippen LogP contribution in [0, 0.1) is 13.8 Å². The molecule has 1 saturated carbocycles. The number of nitrogens with zero attached hydrogens (tertiary/aromatic N) is 2. The van der Waals surface area contributed by atoms with Gasteiger partial charge in [-0.25, -0.2) is 8.42 Å². The van der Waals surface area contributed by atoms with Crippen LogP contribution in [0.5, 0.6) is 5.75 Å². The Morgan fingerprint density at radius 3 is 2.30 bits per heavy atom. The number of carbonyl (C=O) groups is 2. The van der Waals surface area contributed by atoms with Crippen LogP contribution in [0.3, 0.4) is 0 Å². The lowest BCUT2D eigenvalue weighted by atomic mass is 9.95. The van der Waals surface area contributed by atoms with Gasteiger partial charge in [0.15, 0.2) is 0 Å². The maximum Gasteiger partial charge on any atom is 0.264 e. The quantitative estimate of drug-likeness (QED) is 0.283. The first kappa shape index (κ1) is 32.1. The average Bonchev–Trinajstić information content (AvgIpc) is 3.01. The van der Waals surface area contributed by atoms with Gasteiger partial charge >= 0.3 is 0 Å². The molecule has 0 heterocycles. The standard InChI is InChI=1S/C34H43N3O5S/c1-5-31(34(39)35-28-14-7-6-8-15-28)36(23-27-13-11-16-29(22-27)42-4)33(38)24-37(32-17-10-9-12-26(32)3)43(40,41)30-20-18-25(2)19-21-30/h9-13,16-22,28,31H,5-8,14-15,23-24H2,1-4H3,(H,35,39). The lowest BCUT2D eigenvalue weighted by molar-refractivity contribution is -0.140. The van der Waals surface area contributed by atoms with E-state index in [2.05, 4.69) is 5.32 Å². The summed E-state index contributed by atoms with van der Waals surface area (Å²) in [5.74, 6) is -0.0463. The zero-order chi connectivity index (χ0) is 31.0. The van der Waals surface area contributed by atoms with Crippen LogP contribution in [0.2, 0.25) is 0 Å². The summed E-state index contributed by atoms with van der Waals surface area (Å²) in [5, 5.41) is 3.18. The number of ether oxygens (including phenoxy) is 1. The molecule has 8 nitrogen and oxygen atoms in total. The Labute approximate surface area is 256 Å². The second-order valence-corrected chi connectivity index (χ2v) is 13.1. The molecule has 1 aliphatic carbocycles. The fraction of sp³-hybridized carbons (Fsp3) is 0.412. The normalized spacial score (nSPS) is 14.5. The number of hydrogen-bond acceptors (Lipinski definition) is 5. The first-order chi connectivity index (χ1) is 20.6. The van der Waals surface area contributed by atoms with Crippen LogP contribution in [0.25, 0.3) is 0 Å². The van der Waals surface area contributed by atoms with Gasteiger partial charge in [-0.05, 0) is 74.6 Å². The third kappa shape index (κ3) is 7.96. The predicted molar refractivity (Wildman–Crippen MR) is 170 cm³/mol.